The quantitative estimate of drug-likeness (QED) is 0.691. The van der Waals surface area contributed by atoms with Crippen LogP contribution in [0.3, 0.4) is 0 Å². The molecule has 2 rings (SSSR count). The summed E-state index contributed by atoms with van der Waals surface area (Å²) < 4.78 is 18.4. The molecule has 0 bridgehead atoms. The molecule has 0 atom stereocenters. The van der Waals surface area contributed by atoms with Gasteiger partial charge in [-0.15, -0.1) is 0 Å². The van der Waals surface area contributed by atoms with E-state index in [9.17, 15) is 9.18 Å². The van der Waals surface area contributed by atoms with Crippen molar-refractivity contribution >= 4 is 11.8 Å². The van der Waals surface area contributed by atoms with Crippen molar-refractivity contribution in [3.63, 3.8) is 0 Å². The van der Waals surface area contributed by atoms with Crippen molar-refractivity contribution in [1.29, 1.82) is 0 Å². The Morgan fingerprint density at radius 1 is 1.43 bits per heavy atom. The van der Waals surface area contributed by atoms with Gasteiger partial charge in [-0.25, -0.2) is 9.18 Å². The van der Waals surface area contributed by atoms with Crippen LogP contribution < -0.4 is 5.32 Å². The molecule has 0 saturated carbocycles. The van der Waals surface area contributed by atoms with Crippen LogP contribution in [0.1, 0.15) is 19.4 Å². The number of benzene rings is 1. The summed E-state index contributed by atoms with van der Waals surface area (Å²) in [6.07, 6.45) is -0.618. The van der Waals surface area contributed by atoms with Crippen LogP contribution in [0.25, 0.3) is 0 Å². The molecule has 0 fully saturated rings. The van der Waals surface area contributed by atoms with Gasteiger partial charge in [0, 0.05) is 5.56 Å². The van der Waals surface area contributed by atoms with Crippen molar-refractivity contribution in [1.82, 2.24) is 0 Å². The average molecular weight is 195 g/mol. The molecule has 1 N–H and O–H groups in total. The van der Waals surface area contributed by atoms with Gasteiger partial charge in [-0.1, -0.05) is 12.1 Å². The lowest BCUT2D eigenvalue weighted by Gasteiger charge is -2.32. The Labute approximate surface area is 80.9 Å². The first kappa shape index (κ1) is 8.99. The Bertz CT molecular complexity index is 401. The van der Waals surface area contributed by atoms with Crippen LogP contribution in [0.2, 0.25) is 0 Å². The molecule has 74 valence electrons. The number of nitrogens with one attached hydrogen (secondary N) is 1. The number of amides is 1. The maximum atomic E-state index is 13.3. The van der Waals surface area contributed by atoms with Crippen molar-refractivity contribution in [2.75, 3.05) is 5.32 Å². The predicted molar refractivity (Wildman–Crippen MR) is 49.5 cm³/mol. The summed E-state index contributed by atoms with van der Waals surface area (Å²) in [5, 5.41) is 2.35. The van der Waals surface area contributed by atoms with Gasteiger partial charge in [0.25, 0.3) is 0 Å². The van der Waals surface area contributed by atoms with Crippen LogP contribution in [0.5, 0.6) is 0 Å². The lowest BCUT2D eigenvalue weighted by Crippen LogP contribution is -2.35. The number of carbonyl (C=O) groups excluding carboxylic acids is 1. The first-order valence-electron chi connectivity index (χ1n) is 4.30. The van der Waals surface area contributed by atoms with Gasteiger partial charge < -0.3 is 4.74 Å². The molecular formula is C10H10FNO2. The van der Waals surface area contributed by atoms with Gasteiger partial charge in [0.2, 0.25) is 0 Å². The highest BCUT2D eigenvalue weighted by atomic mass is 19.1. The van der Waals surface area contributed by atoms with Gasteiger partial charge in [0.1, 0.15) is 11.4 Å². The summed E-state index contributed by atoms with van der Waals surface area (Å²) in [5.74, 6) is -0.438. The molecule has 3 nitrogen and oxygen atoms in total. The van der Waals surface area contributed by atoms with E-state index in [4.69, 9.17) is 4.74 Å². The number of cyclic esters (lactones) is 1. The molecule has 0 saturated heterocycles. The lowest BCUT2D eigenvalue weighted by molar-refractivity contribution is 0.0416. The molecule has 1 aliphatic heterocycles. The number of ether oxygens (including phenoxy) is 1. The molecule has 1 heterocycles. The molecule has 0 spiro atoms. The van der Waals surface area contributed by atoms with E-state index in [1.807, 2.05) is 0 Å². The van der Waals surface area contributed by atoms with Gasteiger partial charge in [-0.05, 0) is 19.9 Å². The lowest BCUT2D eigenvalue weighted by atomic mass is 9.95. The second kappa shape index (κ2) is 2.70. The summed E-state index contributed by atoms with van der Waals surface area (Å²) in [7, 11) is 0. The summed E-state index contributed by atoms with van der Waals surface area (Å²) in [6, 6.07) is 4.63. The molecule has 1 aliphatic rings. The second-order valence-electron chi connectivity index (χ2n) is 3.69. The van der Waals surface area contributed by atoms with Crippen molar-refractivity contribution in [3.8, 4) is 0 Å². The molecule has 0 unspecified atom stereocenters. The van der Waals surface area contributed by atoms with Gasteiger partial charge in [-0.2, -0.15) is 0 Å². The summed E-state index contributed by atoms with van der Waals surface area (Å²) in [5.41, 5.74) is 0.0885. The minimum atomic E-state index is -0.778. The van der Waals surface area contributed by atoms with Crippen LogP contribution >= 0.6 is 0 Å². The maximum Gasteiger partial charge on any atom is 0.412 e. The molecule has 0 radical (unpaired) electrons. The van der Waals surface area contributed by atoms with Crippen LogP contribution in [0, 0.1) is 5.82 Å². The van der Waals surface area contributed by atoms with E-state index in [0.29, 0.717) is 5.56 Å². The molecule has 14 heavy (non-hydrogen) atoms. The number of hydrogen-bond acceptors (Lipinski definition) is 2. The minimum Gasteiger partial charge on any atom is -0.438 e. The van der Waals surface area contributed by atoms with Gasteiger partial charge >= 0.3 is 6.09 Å². The fourth-order valence-corrected chi connectivity index (χ4v) is 1.57. The third-order valence-corrected chi connectivity index (χ3v) is 2.24. The van der Waals surface area contributed by atoms with E-state index in [1.165, 1.54) is 6.07 Å². The van der Waals surface area contributed by atoms with Crippen LogP contribution in [0.4, 0.5) is 14.9 Å². The minimum absolute atomic E-state index is 0.216. The summed E-state index contributed by atoms with van der Waals surface area (Å²) in [4.78, 5) is 11.1. The Kier molecular flexibility index (Phi) is 1.74. The number of para-hydroxylation sites is 1. The van der Waals surface area contributed by atoms with E-state index in [0.717, 1.165) is 0 Å². The van der Waals surface area contributed by atoms with Crippen molar-refractivity contribution in [3.05, 3.63) is 29.6 Å². The Balaban J connectivity index is 2.63. The highest BCUT2D eigenvalue weighted by molar-refractivity contribution is 5.88. The number of fused-ring (bicyclic) bond motifs is 1. The van der Waals surface area contributed by atoms with Crippen LogP contribution in [0.15, 0.2) is 18.2 Å². The molecule has 4 heteroatoms. The zero-order valence-electron chi connectivity index (χ0n) is 7.93. The standard InChI is InChI=1S/C10H10FNO2/c1-10(2)6-4-3-5-7(11)8(6)12-9(13)14-10/h3-5H,1-2H3,(H,12,13). The highest BCUT2D eigenvalue weighted by Crippen LogP contribution is 2.36. The third-order valence-electron chi connectivity index (χ3n) is 2.24. The van der Waals surface area contributed by atoms with E-state index >= 15 is 0 Å². The number of rotatable bonds is 0. The largest absolute Gasteiger partial charge is 0.438 e. The molecular weight excluding hydrogens is 185 g/mol. The van der Waals surface area contributed by atoms with E-state index < -0.39 is 17.5 Å². The highest BCUT2D eigenvalue weighted by Gasteiger charge is 2.34. The first-order valence-corrected chi connectivity index (χ1v) is 4.30. The van der Waals surface area contributed by atoms with E-state index in [2.05, 4.69) is 5.32 Å². The molecule has 1 amide bonds. The zero-order chi connectivity index (χ0) is 10.3. The summed E-state index contributed by atoms with van der Waals surface area (Å²) in [6.45, 7) is 3.45. The molecule has 0 aliphatic carbocycles. The van der Waals surface area contributed by atoms with Gasteiger partial charge in [-0.3, -0.25) is 5.32 Å². The fraction of sp³-hybridized carbons (Fsp3) is 0.300. The number of halogens is 1. The predicted octanol–water partition coefficient (Wildman–Crippen LogP) is 2.62. The normalized spacial score (nSPS) is 18.1. The average Bonchev–Trinajstić information content (AvgIpc) is 2.05. The summed E-state index contributed by atoms with van der Waals surface area (Å²) >= 11 is 0. The number of hydrogen-bond donors (Lipinski definition) is 1. The Hall–Kier alpha value is -1.58. The fourth-order valence-electron chi connectivity index (χ4n) is 1.57. The first-order chi connectivity index (χ1) is 6.50. The van der Waals surface area contributed by atoms with Crippen LogP contribution in [-0.4, -0.2) is 6.09 Å². The topological polar surface area (TPSA) is 38.3 Å². The monoisotopic (exact) mass is 195 g/mol. The van der Waals surface area contributed by atoms with Crippen molar-refractivity contribution < 1.29 is 13.9 Å². The maximum absolute atomic E-state index is 13.3. The van der Waals surface area contributed by atoms with Gasteiger partial charge in [0.15, 0.2) is 0 Å². The number of anilines is 1. The Morgan fingerprint density at radius 3 is 2.86 bits per heavy atom. The molecule has 1 aromatic rings. The molecule has 1 aromatic carbocycles. The Morgan fingerprint density at radius 2 is 2.14 bits per heavy atom. The smallest absolute Gasteiger partial charge is 0.412 e. The van der Waals surface area contributed by atoms with Crippen molar-refractivity contribution in [2.45, 2.75) is 19.4 Å². The number of carbonyl (C=O) groups is 1. The second-order valence-corrected chi connectivity index (χ2v) is 3.69. The van der Waals surface area contributed by atoms with E-state index in [1.54, 1.807) is 26.0 Å². The van der Waals surface area contributed by atoms with E-state index in [-0.39, 0.29) is 5.69 Å². The van der Waals surface area contributed by atoms with Crippen molar-refractivity contribution in [2.24, 2.45) is 0 Å². The molecule has 0 aromatic heterocycles. The SMILES string of the molecule is CC1(C)OC(=O)Nc2c(F)cccc21. The van der Waals surface area contributed by atoms with Gasteiger partial charge in [0.05, 0.1) is 5.69 Å². The van der Waals surface area contributed by atoms with Crippen LogP contribution in [-0.2, 0) is 10.3 Å². The third kappa shape index (κ3) is 1.23. The zero-order valence-corrected chi connectivity index (χ0v) is 7.93.